The van der Waals surface area contributed by atoms with Crippen molar-refractivity contribution in [1.29, 1.82) is 0 Å². The average Bonchev–Trinajstić information content (AvgIpc) is 1.95. The maximum Gasteiger partial charge on any atom is 0.529 e. The molecule has 0 atom stereocenters. The van der Waals surface area contributed by atoms with E-state index in [0.717, 1.165) is 0 Å². The molecular formula is C11H25NO4Si. The lowest BCUT2D eigenvalue weighted by molar-refractivity contribution is -0.326. The predicted octanol–water partition coefficient (Wildman–Crippen LogP) is 2.87. The second-order valence-electron chi connectivity index (χ2n) is 6.14. The summed E-state index contributed by atoms with van der Waals surface area (Å²) in [6.07, 6.45) is -0.733. The highest BCUT2D eigenvalue weighted by Gasteiger charge is 2.26. The molecule has 102 valence electrons. The van der Waals surface area contributed by atoms with Crippen molar-refractivity contribution in [2.24, 2.45) is 0 Å². The smallest absolute Gasteiger partial charge is 0.427 e. The van der Waals surface area contributed by atoms with Crippen molar-refractivity contribution in [3.05, 3.63) is 0 Å². The van der Waals surface area contributed by atoms with E-state index < -0.39 is 26.3 Å². The molecule has 0 aliphatic heterocycles. The summed E-state index contributed by atoms with van der Waals surface area (Å²) in [5.41, 5.74) is -0.970. The first-order valence-corrected chi connectivity index (χ1v) is 8.62. The summed E-state index contributed by atoms with van der Waals surface area (Å²) in [6, 6.07) is 0. The van der Waals surface area contributed by atoms with Crippen LogP contribution in [0.5, 0.6) is 0 Å². The molecule has 0 aliphatic carbocycles. The molecule has 0 aromatic heterocycles. The van der Waals surface area contributed by atoms with Crippen molar-refractivity contribution in [2.75, 3.05) is 0 Å². The van der Waals surface area contributed by atoms with Crippen LogP contribution in [0.2, 0.25) is 13.1 Å². The van der Waals surface area contributed by atoms with Crippen LogP contribution in [0.1, 0.15) is 41.5 Å². The number of carbonyl (C=O) groups is 1. The van der Waals surface area contributed by atoms with Gasteiger partial charge in [-0.3, -0.25) is 4.84 Å². The summed E-state index contributed by atoms with van der Waals surface area (Å²) in [5.74, 6) is 0. The molecule has 0 saturated heterocycles. The van der Waals surface area contributed by atoms with Gasteiger partial charge in [0, 0.05) is 0 Å². The Balaban J connectivity index is 4.41. The van der Waals surface area contributed by atoms with Gasteiger partial charge in [-0.05, 0) is 41.5 Å². The van der Waals surface area contributed by atoms with Crippen LogP contribution < -0.4 is 0 Å². The van der Waals surface area contributed by atoms with Gasteiger partial charge in [-0.15, -0.1) is 0 Å². The number of carbonyl (C=O) groups excluding carboxylic acids is 1. The van der Waals surface area contributed by atoms with Gasteiger partial charge in [0.1, 0.15) is 5.60 Å². The summed E-state index contributed by atoms with van der Waals surface area (Å²) in [6.45, 7) is 15.0. The Kier molecular flexibility index (Phi) is 5.63. The maximum absolute atomic E-state index is 11.5. The highest BCUT2D eigenvalue weighted by Crippen LogP contribution is 2.14. The number of hydrogen-bond donors (Lipinski definition) is 0. The molecule has 0 unspecified atom stereocenters. The molecule has 0 bridgehead atoms. The van der Waals surface area contributed by atoms with Crippen molar-refractivity contribution < 1.29 is 19.2 Å². The van der Waals surface area contributed by atoms with E-state index in [0.29, 0.717) is 0 Å². The van der Waals surface area contributed by atoms with Gasteiger partial charge < -0.3 is 9.57 Å². The van der Waals surface area contributed by atoms with Crippen molar-refractivity contribution in [1.82, 2.24) is 4.89 Å². The third kappa shape index (κ3) is 9.14. The molecule has 6 heteroatoms. The lowest BCUT2D eigenvalue weighted by Crippen LogP contribution is -2.43. The second-order valence-corrected chi connectivity index (χ2v) is 8.75. The number of nitrogens with zero attached hydrogens (tertiary/aromatic N) is 1. The molecule has 17 heavy (non-hydrogen) atoms. The van der Waals surface area contributed by atoms with Crippen LogP contribution in [-0.2, 0) is 14.4 Å². The van der Waals surface area contributed by atoms with E-state index in [-0.39, 0.29) is 0 Å². The van der Waals surface area contributed by atoms with Gasteiger partial charge in [0.2, 0.25) is 0 Å². The van der Waals surface area contributed by atoms with Crippen LogP contribution in [-0.4, -0.2) is 31.2 Å². The van der Waals surface area contributed by atoms with Gasteiger partial charge >= 0.3 is 6.16 Å². The number of ether oxygens (including phenoxy) is 1. The van der Waals surface area contributed by atoms with Crippen LogP contribution >= 0.6 is 0 Å². The SMILES string of the molecule is C[SiH](C)N(OC(=O)OC(C)(C)C)OC(C)(C)C. The molecule has 5 nitrogen and oxygen atoms in total. The number of rotatable bonds is 3. The molecule has 0 radical (unpaired) electrons. The summed E-state index contributed by atoms with van der Waals surface area (Å²) < 4.78 is 5.07. The Morgan fingerprint density at radius 3 is 1.76 bits per heavy atom. The topological polar surface area (TPSA) is 48.0 Å². The fourth-order valence-corrected chi connectivity index (χ4v) is 1.67. The predicted molar refractivity (Wildman–Crippen MR) is 68.9 cm³/mol. The van der Waals surface area contributed by atoms with Crippen molar-refractivity contribution in [2.45, 2.75) is 65.8 Å². The summed E-state index contributed by atoms with van der Waals surface area (Å²) in [7, 11) is -1.42. The van der Waals surface area contributed by atoms with Gasteiger partial charge in [0.15, 0.2) is 8.96 Å². The normalized spacial score (nSPS) is 13.1. The second kappa shape index (κ2) is 5.84. The standard InChI is InChI=1S/C11H25NO4Si/c1-10(2,3)14-9(13)15-12(17(7)8)16-11(4,5)6/h17H,1-8H3. The zero-order valence-electron chi connectivity index (χ0n) is 12.2. The van der Waals surface area contributed by atoms with E-state index >= 15 is 0 Å². The van der Waals surface area contributed by atoms with E-state index in [1.807, 2.05) is 33.9 Å². The van der Waals surface area contributed by atoms with Crippen molar-refractivity contribution in [3.63, 3.8) is 0 Å². The average molecular weight is 263 g/mol. The minimum atomic E-state index is -1.42. The van der Waals surface area contributed by atoms with Crippen LogP contribution in [0, 0.1) is 0 Å². The Bertz CT molecular complexity index is 255. The van der Waals surface area contributed by atoms with Crippen LogP contribution in [0.15, 0.2) is 0 Å². The lowest BCUT2D eigenvalue weighted by Gasteiger charge is -2.31. The minimum absolute atomic E-state index is 0.403. The van der Waals surface area contributed by atoms with E-state index in [2.05, 4.69) is 0 Å². The Morgan fingerprint density at radius 2 is 1.47 bits per heavy atom. The monoisotopic (exact) mass is 263 g/mol. The van der Waals surface area contributed by atoms with Crippen LogP contribution in [0.3, 0.4) is 0 Å². The van der Waals surface area contributed by atoms with Gasteiger partial charge in [0.25, 0.3) is 0 Å². The number of hydrogen-bond acceptors (Lipinski definition) is 5. The third-order valence-electron chi connectivity index (χ3n) is 1.34. The van der Waals surface area contributed by atoms with Gasteiger partial charge in [-0.25, -0.2) is 4.79 Å². The van der Waals surface area contributed by atoms with Gasteiger partial charge in [-0.2, -0.15) is 0 Å². The van der Waals surface area contributed by atoms with E-state index in [4.69, 9.17) is 14.4 Å². The van der Waals surface area contributed by atoms with Crippen molar-refractivity contribution >= 4 is 15.1 Å². The lowest BCUT2D eigenvalue weighted by atomic mass is 10.2. The zero-order chi connectivity index (χ0) is 13.9. The molecule has 0 saturated carbocycles. The molecule has 0 spiro atoms. The minimum Gasteiger partial charge on any atom is -0.427 e. The molecule has 0 heterocycles. The molecule has 0 aromatic rings. The molecule has 0 amide bonds. The van der Waals surface area contributed by atoms with Gasteiger partial charge in [0.05, 0.1) is 5.60 Å². The molecule has 0 fully saturated rings. The first-order chi connectivity index (χ1) is 7.41. The molecule has 0 aromatic carbocycles. The quantitative estimate of drug-likeness (QED) is 0.445. The van der Waals surface area contributed by atoms with E-state index in [1.165, 1.54) is 4.89 Å². The third-order valence-corrected chi connectivity index (χ3v) is 2.39. The fraction of sp³-hybridized carbons (Fsp3) is 0.909. The Labute approximate surface area is 106 Å². The zero-order valence-corrected chi connectivity index (χ0v) is 13.3. The molecule has 0 N–H and O–H groups in total. The highest BCUT2D eigenvalue weighted by molar-refractivity contribution is 6.51. The summed E-state index contributed by atoms with van der Waals surface area (Å²) in [4.78, 5) is 23.4. The molecule has 0 rings (SSSR count). The molecule has 0 aliphatic rings. The maximum atomic E-state index is 11.5. The fourth-order valence-electron chi connectivity index (χ4n) is 0.841. The largest absolute Gasteiger partial charge is 0.529 e. The van der Waals surface area contributed by atoms with Crippen molar-refractivity contribution in [3.8, 4) is 0 Å². The highest BCUT2D eigenvalue weighted by atomic mass is 28.3. The molecular weight excluding hydrogens is 238 g/mol. The Morgan fingerprint density at radius 1 is 1.00 bits per heavy atom. The Hall–Kier alpha value is -0.593. The summed E-state index contributed by atoms with van der Waals surface area (Å²) in [5, 5.41) is 0. The van der Waals surface area contributed by atoms with Gasteiger partial charge in [-0.1, -0.05) is 18.0 Å². The summed E-state index contributed by atoms with van der Waals surface area (Å²) >= 11 is 0. The van der Waals surface area contributed by atoms with E-state index in [9.17, 15) is 4.79 Å². The van der Waals surface area contributed by atoms with Crippen LogP contribution in [0.25, 0.3) is 0 Å². The first kappa shape index (κ1) is 16.4. The first-order valence-electron chi connectivity index (χ1n) is 5.80. The van der Waals surface area contributed by atoms with Crippen LogP contribution in [0.4, 0.5) is 4.79 Å². The van der Waals surface area contributed by atoms with E-state index in [1.54, 1.807) is 20.8 Å².